The molecule has 3 rings (SSSR count). The number of nitrogens with one attached hydrogen (secondary N) is 1. The van der Waals surface area contributed by atoms with Crippen molar-refractivity contribution in [2.45, 2.75) is 6.04 Å². The van der Waals surface area contributed by atoms with Crippen molar-refractivity contribution in [2.24, 2.45) is 0 Å². The van der Waals surface area contributed by atoms with Crippen LogP contribution >= 0.6 is 11.8 Å². The predicted molar refractivity (Wildman–Crippen MR) is 75.1 cm³/mol. The van der Waals surface area contributed by atoms with Gasteiger partial charge in [0.2, 0.25) is 11.9 Å². The van der Waals surface area contributed by atoms with Crippen LogP contribution in [0.15, 0.2) is 18.5 Å². The van der Waals surface area contributed by atoms with Gasteiger partial charge in [0.25, 0.3) is 0 Å². The smallest absolute Gasteiger partial charge is 0.240 e. The molecule has 102 valence electrons. The SMILES string of the molecule is O=C(C1CSCN1)N1CCN(c2ncccn2)CC1. The molecular formula is C12H17N5OS. The van der Waals surface area contributed by atoms with Crippen molar-refractivity contribution in [2.75, 3.05) is 42.7 Å². The van der Waals surface area contributed by atoms with E-state index in [1.54, 1.807) is 24.2 Å². The molecule has 1 amide bonds. The molecule has 2 fully saturated rings. The number of thioether (sulfide) groups is 1. The molecule has 1 unspecified atom stereocenters. The molecule has 1 aromatic heterocycles. The zero-order valence-electron chi connectivity index (χ0n) is 10.7. The molecule has 0 spiro atoms. The van der Waals surface area contributed by atoms with Gasteiger partial charge in [0.1, 0.15) is 0 Å². The first-order valence-electron chi connectivity index (χ1n) is 6.46. The van der Waals surface area contributed by atoms with E-state index in [0.717, 1.165) is 43.8 Å². The lowest BCUT2D eigenvalue weighted by Crippen LogP contribution is -2.54. The first-order chi connectivity index (χ1) is 9.34. The maximum atomic E-state index is 12.2. The first kappa shape index (κ1) is 12.7. The third kappa shape index (κ3) is 2.82. The fourth-order valence-corrected chi connectivity index (χ4v) is 3.29. The fraction of sp³-hybridized carbons (Fsp3) is 0.583. The number of piperazine rings is 1. The molecule has 19 heavy (non-hydrogen) atoms. The lowest BCUT2D eigenvalue weighted by Gasteiger charge is -2.35. The molecule has 0 aliphatic carbocycles. The van der Waals surface area contributed by atoms with Gasteiger partial charge in [-0.3, -0.25) is 10.1 Å². The largest absolute Gasteiger partial charge is 0.338 e. The zero-order valence-corrected chi connectivity index (χ0v) is 11.5. The summed E-state index contributed by atoms with van der Waals surface area (Å²) in [6, 6.07) is 1.82. The topological polar surface area (TPSA) is 61.4 Å². The third-order valence-corrected chi connectivity index (χ3v) is 4.38. The summed E-state index contributed by atoms with van der Waals surface area (Å²) in [6.45, 7) is 3.10. The summed E-state index contributed by atoms with van der Waals surface area (Å²) in [4.78, 5) is 24.8. The molecule has 1 aromatic rings. The highest BCUT2D eigenvalue weighted by molar-refractivity contribution is 7.99. The van der Waals surface area contributed by atoms with Crippen molar-refractivity contribution in [3.05, 3.63) is 18.5 Å². The van der Waals surface area contributed by atoms with Crippen LogP contribution in [0.5, 0.6) is 0 Å². The van der Waals surface area contributed by atoms with E-state index in [0.29, 0.717) is 0 Å². The van der Waals surface area contributed by atoms with Gasteiger partial charge in [0.15, 0.2) is 0 Å². The lowest BCUT2D eigenvalue weighted by molar-refractivity contribution is -0.132. The summed E-state index contributed by atoms with van der Waals surface area (Å²) in [5, 5.41) is 3.23. The van der Waals surface area contributed by atoms with Gasteiger partial charge in [0.05, 0.1) is 6.04 Å². The van der Waals surface area contributed by atoms with Crippen molar-refractivity contribution < 1.29 is 4.79 Å². The minimum absolute atomic E-state index is 0.00419. The Morgan fingerprint density at radius 3 is 2.63 bits per heavy atom. The number of amides is 1. The second-order valence-corrected chi connectivity index (χ2v) is 5.66. The summed E-state index contributed by atoms with van der Waals surface area (Å²) in [7, 11) is 0. The van der Waals surface area contributed by atoms with Crippen LogP contribution in [0.25, 0.3) is 0 Å². The van der Waals surface area contributed by atoms with Gasteiger partial charge in [-0.15, -0.1) is 11.8 Å². The molecule has 1 N–H and O–H groups in total. The summed E-state index contributed by atoms with van der Waals surface area (Å²) in [5.41, 5.74) is 0. The van der Waals surface area contributed by atoms with E-state index in [1.165, 1.54) is 0 Å². The molecule has 0 aromatic carbocycles. The minimum Gasteiger partial charge on any atom is -0.338 e. The monoisotopic (exact) mass is 279 g/mol. The number of carbonyl (C=O) groups excluding carboxylic acids is 1. The number of hydrogen-bond acceptors (Lipinski definition) is 6. The van der Waals surface area contributed by atoms with E-state index in [-0.39, 0.29) is 11.9 Å². The molecule has 7 heteroatoms. The molecule has 2 aliphatic rings. The van der Waals surface area contributed by atoms with Crippen LogP contribution in [0.2, 0.25) is 0 Å². The Labute approximate surface area is 116 Å². The highest BCUT2D eigenvalue weighted by Crippen LogP contribution is 2.14. The summed E-state index contributed by atoms with van der Waals surface area (Å²) < 4.78 is 0. The molecule has 0 radical (unpaired) electrons. The average Bonchev–Trinajstić information content (AvgIpc) is 3.02. The van der Waals surface area contributed by atoms with Crippen LogP contribution in [0, 0.1) is 0 Å². The van der Waals surface area contributed by atoms with E-state index < -0.39 is 0 Å². The standard InChI is InChI=1S/C12H17N5OS/c18-11(10-8-19-9-15-10)16-4-6-17(7-5-16)12-13-2-1-3-14-12/h1-3,10,15H,4-9H2. The molecule has 3 heterocycles. The number of anilines is 1. The maximum absolute atomic E-state index is 12.2. The quantitative estimate of drug-likeness (QED) is 0.808. The Bertz CT molecular complexity index is 429. The van der Waals surface area contributed by atoms with Gasteiger partial charge in [0, 0.05) is 50.2 Å². The van der Waals surface area contributed by atoms with Crippen LogP contribution in [0.1, 0.15) is 0 Å². The lowest BCUT2D eigenvalue weighted by atomic mass is 10.2. The van der Waals surface area contributed by atoms with Crippen molar-refractivity contribution in [1.82, 2.24) is 20.2 Å². The highest BCUT2D eigenvalue weighted by Gasteiger charge is 2.29. The van der Waals surface area contributed by atoms with Gasteiger partial charge in [-0.1, -0.05) is 0 Å². The third-order valence-electron chi connectivity index (χ3n) is 3.44. The van der Waals surface area contributed by atoms with Crippen molar-refractivity contribution in [3.8, 4) is 0 Å². The predicted octanol–water partition coefficient (Wildman–Crippen LogP) is -0.212. The Balaban J connectivity index is 1.56. The van der Waals surface area contributed by atoms with Crippen LogP contribution < -0.4 is 10.2 Å². The van der Waals surface area contributed by atoms with Crippen LogP contribution in [-0.2, 0) is 4.79 Å². The maximum Gasteiger partial charge on any atom is 0.240 e. The number of carbonyl (C=O) groups is 1. The summed E-state index contributed by atoms with van der Waals surface area (Å²) in [6.07, 6.45) is 3.50. The van der Waals surface area contributed by atoms with Crippen molar-refractivity contribution in [1.29, 1.82) is 0 Å². The van der Waals surface area contributed by atoms with Gasteiger partial charge in [-0.2, -0.15) is 0 Å². The Kier molecular flexibility index (Phi) is 3.84. The summed E-state index contributed by atoms with van der Waals surface area (Å²) >= 11 is 1.78. The van der Waals surface area contributed by atoms with Crippen LogP contribution in [0.3, 0.4) is 0 Å². The van der Waals surface area contributed by atoms with Gasteiger partial charge in [-0.05, 0) is 6.07 Å². The van der Waals surface area contributed by atoms with Crippen LogP contribution in [0.4, 0.5) is 5.95 Å². The number of nitrogens with zero attached hydrogens (tertiary/aromatic N) is 4. The summed E-state index contributed by atoms with van der Waals surface area (Å²) in [5.74, 6) is 2.76. The highest BCUT2D eigenvalue weighted by atomic mass is 32.2. The zero-order chi connectivity index (χ0) is 13.1. The van der Waals surface area contributed by atoms with Crippen molar-refractivity contribution >= 4 is 23.6 Å². The molecule has 2 saturated heterocycles. The molecule has 0 saturated carbocycles. The number of hydrogen-bond donors (Lipinski definition) is 1. The Hall–Kier alpha value is -1.34. The van der Waals surface area contributed by atoms with Gasteiger partial charge < -0.3 is 9.80 Å². The second-order valence-electron chi connectivity index (χ2n) is 4.63. The number of rotatable bonds is 2. The fourth-order valence-electron chi connectivity index (χ4n) is 2.36. The molecular weight excluding hydrogens is 262 g/mol. The molecule has 1 atom stereocenters. The molecule has 6 nitrogen and oxygen atoms in total. The minimum atomic E-state index is 0.00419. The Morgan fingerprint density at radius 2 is 2.00 bits per heavy atom. The van der Waals surface area contributed by atoms with Crippen LogP contribution in [-0.4, -0.2) is 64.6 Å². The van der Waals surface area contributed by atoms with Gasteiger partial charge in [-0.25, -0.2) is 9.97 Å². The van der Waals surface area contributed by atoms with E-state index in [2.05, 4.69) is 20.2 Å². The second kappa shape index (κ2) is 5.75. The van der Waals surface area contributed by atoms with Crippen molar-refractivity contribution in [3.63, 3.8) is 0 Å². The van der Waals surface area contributed by atoms with Gasteiger partial charge >= 0.3 is 0 Å². The van der Waals surface area contributed by atoms with E-state index in [4.69, 9.17) is 0 Å². The van der Waals surface area contributed by atoms with E-state index >= 15 is 0 Å². The average molecular weight is 279 g/mol. The molecule has 2 aliphatic heterocycles. The first-order valence-corrected chi connectivity index (χ1v) is 7.62. The van der Waals surface area contributed by atoms with E-state index in [1.807, 2.05) is 11.0 Å². The normalized spacial score (nSPS) is 23.7. The Morgan fingerprint density at radius 1 is 1.26 bits per heavy atom. The number of aromatic nitrogens is 2. The van der Waals surface area contributed by atoms with E-state index in [9.17, 15) is 4.79 Å². The molecule has 0 bridgehead atoms.